The maximum absolute atomic E-state index is 5.32. The first-order valence-corrected chi connectivity index (χ1v) is 8.20. The average molecular weight is 190 g/mol. The molecule has 0 heterocycles. The first-order chi connectivity index (χ1) is 5.54. The van der Waals surface area contributed by atoms with Crippen molar-refractivity contribution in [3.8, 4) is 0 Å². The van der Waals surface area contributed by atoms with Gasteiger partial charge in [0.25, 0.3) is 0 Å². The zero-order chi connectivity index (χ0) is 10.0. The lowest BCUT2D eigenvalue weighted by Crippen LogP contribution is -2.27. The monoisotopic (exact) mass is 190 g/mol. The standard InChI is InChI=1S/C6H16OSi.C4H10/c1-5-6-8(3,4)7-2;1-3-4-2/h5-6H2,1-4H3;3-4H2,1-2H3. The molecule has 2 heteroatoms. The Morgan fingerprint density at radius 2 is 1.33 bits per heavy atom. The fourth-order valence-electron chi connectivity index (χ4n) is 0.704. The first kappa shape index (κ1) is 14.7. The van der Waals surface area contributed by atoms with Crippen molar-refractivity contribution in [3.63, 3.8) is 0 Å². The minimum atomic E-state index is -1.18. The zero-order valence-electron chi connectivity index (χ0n) is 9.74. The Labute approximate surface area is 79.6 Å². The molecule has 0 aliphatic carbocycles. The molecule has 12 heavy (non-hydrogen) atoms. The van der Waals surface area contributed by atoms with Crippen LogP contribution in [0.2, 0.25) is 19.1 Å². The summed E-state index contributed by atoms with van der Waals surface area (Å²) in [5.41, 5.74) is 0. The number of rotatable bonds is 4. The van der Waals surface area contributed by atoms with Crippen molar-refractivity contribution in [2.45, 2.75) is 59.2 Å². The molecule has 0 aromatic heterocycles. The Kier molecular flexibility index (Phi) is 11.3. The molecule has 0 aliphatic heterocycles. The Bertz CT molecular complexity index is 79.9. The van der Waals surface area contributed by atoms with Crippen LogP contribution in [0.4, 0.5) is 0 Å². The van der Waals surface area contributed by atoms with E-state index < -0.39 is 8.32 Å². The van der Waals surface area contributed by atoms with E-state index in [1.54, 1.807) is 0 Å². The van der Waals surface area contributed by atoms with Gasteiger partial charge >= 0.3 is 0 Å². The van der Waals surface area contributed by atoms with E-state index in [0.717, 1.165) is 0 Å². The second-order valence-corrected chi connectivity index (χ2v) is 8.14. The Morgan fingerprint density at radius 1 is 0.917 bits per heavy atom. The van der Waals surface area contributed by atoms with Gasteiger partial charge in [-0.25, -0.2) is 0 Å². The third-order valence-electron chi connectivity index (χ3n) is 1.90. The topological polar surface area (TPSA) is 9.23 Å². The molecule has 0 fully saturated rings. The summed E-state index contributed by atoms with van der Waals surface area (Å²) in [6.45, 7) is 11.1. The average Bonchev–Trinajstić information content (AvgIpc) is 2.05. The molecule has 0 radical (unpaired) electrons. The first-order valence-electron chi connectivity index (χ1n) is 5.09. The van der Waals surface area contributed by atoms with Gasteiger partial charge in [-0.3, -0.25) is 0 Å². The molecule has 0 saturated heterocycles. The Balaban J connectivity index is 0. The lowest BCUT2D eigenvalue weighted by atomic mass is 10.4. The van der Waals surface area contributed by atoms with Crippen molar-refractivity contribution in [2.24, 2.45) is 0 Å². The molecule has 0 saturated carbocycles. The lowest BCUT2D eigenvalue weighted by molar-refractivity contribution is 0.403. The fraction of sp³-hybridized carbons (Fsp3) is 1.00. The van der Waals surface area contributed by atoms with Crippen molar-refractivity contribution < 1.29 is 4.43 Å². The lowest BCUT2D eigenvalue weighted by Gasteiger charge is -2.17. The summed E-state index contributed by atoms with van der Waals surface area (Å²) in [5.74, 6) is 0. The molecular formula is C10H26OSi. The summed E-state index contributed by atoms with van der Waals surface area (Å²) in [7, 11) is 0.644. The molecule has 0 amide bonds. The number of hydrogen-bond acceptors (Lipinski definition) is 1. The van der Waals surface area contributed by atoms with Crippen LogP contribution in [0.3, 0.4) is 0 Å². The van der Waals surface area contributed by atoms with Crippen LogP contribution in [0.15, 0.2) is 0 Å². The molecule has 1 nitrogen and oxygen atoms in total. The van der Waals surface area contributed by atoms with Gasteiger partial charge in [-0.1, -0.05) is 40.0 Å². The van der Waals surface area contributed by atoms with Gasteiger partial charge in [-0.2, -0.15) is 0 Å². The molecule has 0 aliphatic rings. The second-order valence-electron chi connectivity index (χ2n) is 3.71. The minimum absolute atomic E-state index is 1.18. The third kappa shape index (κ3) is 12.8. The molecule has 0 N–H and O–H groups in total. The second kappa shape index (κ2) is 9.27. The molecular weight excluding hydrogens is 164 g/mol. The highest BCUT2D eigenvalue weighted by atomic mass is 28.4. The van der Waals surface area contributed by atoms with E-state index in [0.29, 0.717) is 0 Å². The highest BCUT2D eigenvalue weighted by molar-refractivity contribution is 6.71. The van der Waals surface area contributed by atoms with Crippen molar-refractivity contribution in [3.05, 3.63) is 0 Å². The Morgan fingerprint density at radius 3 is 1.42 bits per heavy atom. The van der Waals surface area contributed by atoms with Crippen LogP contribution in [-0.2, 0) is 4.43 Å². The van der Waals surface area contributed by atoms with Crippen LogP contribution in [0.1, 0.15) is 40.0 Å². The highest BCUT2D eigenvalue weighted by Gasteiger charge is 2.17. The molecule has 0 spiro atoms. The highest BCUT2D eigenvalue weighted by Crippen LogP contribution is 2.10. The number of unbranched alkanes of at least 4 members (excludes halogenated alkanes) is 1. The van der Waals surface area contributed by atoms with E-state index in [4.69, 9.17) is 4.43 Å². The van der Waals surface area contributed by atoms with Gasteiger partial charge in [0.15, 0.2) is 8.32 Å². The molecule has 0 rings (SSSR count). The van der Waals surface area contributed by atoms with Crippen LogP contribution in [0.25, 0.3) is 0 Å². The van der Waals surface area contributed by atoms with Gasteiger partial charge in [0, 0.05) is 7.11 Å². The van der Waals surface area contributed by atoms with Gasteiger partial charge in [0.2, 0.25) is 0 Å². The quantitative estimate of drug-likeness (QED) is 0.608. The van der Waals surface area contributed by atoms with Gasteiger partial charge in [0.05, 0.1) is 0 Å². The van der Waals surface area contributed by atoms with E-state index in [1.165, 1.54) is 25.3 Å². The SMILES string of the molecule is CCCC.CCC[Si](C)(C)OC. The van der Waals surface area contributed by atoms with E-state index in [-0.39, 0.29) is 0 Å². The van der Waals surface area contributed by atoms with Crippen molar-refractivity contribution >= 4 is 8.32 Å². The van der Waals surface area contributed by atoms with Crippen LogP contribution >= 0.6 is 0 Å². The summed E-state index contributed by atoms with van der Waals surface area (Å²) in [6.07, 6.45) is 3.90. The summed E-state index contributed by atoms with van der Waals surface area (Å²) in [6, 6.07) is 1.28. The maximum atomic E-state index is 5.32. The van der Waals surface area contributed by atoms with Crippen molar-refractivity contribution in [2.75, 3.05) is 7.11 Å². The molecule has 0 aromatic carbocycles. The van der Waals surface area contributed by atoms with E-state index >= 15 is 0 Å². The van der Waals surface area contributed by atoms with Crippen LogP contribution in [0.5, 0.6) is 0 Å². The molecule has 0 bridgehead atoms. The van der Waals surface area contributed by atoms with E-state index in [9.17, 15) is 0 Å². The summed E-state index contributed by atoms with van der Waals surface area (Å²) in [4.78, 5) is 0. The largest absolute Gasteiger partial charge is 0.420 e. The van der Waals surface area contributed by atoms with E-state index in [2.05, 4.69) is 33.9 Å². The van der Waals surface area contributed by atoms with Crippen LogP contribution in [-0.4, -0.2) is 15.4 Å². The summed E-state index contributed by atoms with van der Waals surface area (Å²) >= 11 is 0. The van der Waals surface area contributed by atoms with Gasteiger partial charge < -0.3 is 4.43 Å². The van der Waals surface area contributed by atoms with Gasteiger partial charge in [-0.05, 0) is 19.1 Å². The van der Waals surface area contributed by atoms with E-state index in [1.807, 2.05) is 7.11 Å². The number of hydrogen-bond donors (Lipinski definition) is 0. The summed E-state index contributed by atoms with van der Waals surface area (Å²) < 4.78 is 5.32. The molecule has 0 aromatic rings. The zero-order valence-corrected chi connectivity index (χ0v) is 10.7. The maximum Gasteiger partial charge on any atom is 0.186 e. The van der Waals surface area contributed by atoms with Gasteiger partial charge in [-0.15, -0.1) is 0 Å². The fourth-order valence-corrected chi connectivity index (χ4v) is 2.11. The predicted molar refractivity (Wildman–Crippen MR) is 60.2 cm³/mol. The third-order valence-corrected chi connectivity index (χ3v) is 4.71. The van der Waals surface area contributed by atoms with Crippen LogP contribution in [0, 0.1) is 0 Å². The minimum Gasteiger partial charge on any atom is -0.420 e. The van der Waals surface area contributed by atoms with Crippen molar-refractivity contribution in [1.29, 1.82) is 0 Å². The molecule has 0 unspecified atom stereocenters. The van der Waals surface area contributed by atoms with Crippen LogP contribution < -0.4 is 0 Å². The molecule has 76 valence electrons. The smallest absolute Gasteiger partial charge is 0.186 e. The predicted octanol–water partition coefficient (Wildman–Crippen LogP) is 4.05. The van der Waals surface area contributed by atoms with Gasteiger partial charge in [0.1, 0.15) is 0 Å². The Hall–Kier alpha value is 0.177. The molecule has 0 atom stereocenters. The summed E-state index contributed by atoms with van der Waals surface area (Å²) in [5, 5.41) is 0. The normalized spacial score (nSPS) is 10.5. The van der Waals surface area contributed by atoms with Crippen molar-refractivity contribution in [1.82, 2.24) is 0 Å².